The first-order valence-corrected chi connectivity index (χ1v) is 8.00. The summed E-state index contributed by atoms with van der Waals surface area (Å²) in [5, 5.41) is 21.7. The molecule has 2 N–H and O–H groups in total. The van der Waals surface area contributed by atoms with Gasteiger partial charge in [-0.05, 0) is 6.07 Å². The predicted molar refractivity (Wildman–Crippen MR) is 85.1 cm³/mol. The summed E-state index contributed by atoms with van der Waals surface area (Å²) in [6.45, 7) is 0. The van der Waals surface area contributed by atoms with Gasteiger partial charge in [0.2, 0.25) is 0 Å². The monoisotopic (exact) mass is 419 g/mol. The van der Waals surface area contributed by atoms with Crippen molar-refractivity contribution >= 4 is 45.2 Å². The molecule has 2 aromatic rings. The molecule has 4 atom stereocenters. The molecule has 1 aliphatic heterocycles. The van der Waals surface area contributed by atoms with Crippen LogP contribution in [0.3, 0.4) is 0 Å². The molecule has 110 valence electrons. The Bertz CT molecular complexity index is 731. The van der Waals surface area contributed by atoms with Gasteiger partial charge >= 0.3 is 0 Å². The lowest BCUT2D eigenvalue weighted by atomic mass is 9.95. The second-order valence-corrected chi connectivity index (χ2v) is 5.96. The summed E-state index contributed by atoms with van der Waals surface area (Å²) >= 11 is 8.08. The fourth-order valence-electron chi connectivity index (χ4n) is 2.46. The van der Waals surface area contributed by atoms with E-state index in [1.165, 1.54) is 6.33 Å². The predicted octanol–water partition coefficient (Wildman–Crippen LogP) is 1.14. The smallest absolute Gasteiger partial charge is 0.199 e. The molecule has 2 aromatic heterocycles. The Kier molecular flexibility index (Phi) is 3.83. The first kappa shape index (κ1) is 15.0. The number of halogens is 2. The van der Waals surface area contributed by atoms with Gasteiger partial charge in [0, 0.05) is 10.6 Å². The minimum atomic E-state index is -1.83. The summed E-state index contributed by atoms with van der Waals surface area (Å²) < 4.78 is 7.79. The van der Waals surface area contributed by atoms with Gasteiger partial charge in [-0.25, -0.2) is 9.97 Å². The Morgan fingerprint density at radius 1 is 1.57 bits per heavy atom. The molecule has 0 radical (unpaired) electrons. The third-order valence-electron chi connectivity index (χ3n) is 3.58. The van der Waals surface area contributed by atoms with Crippen LogP contribution < -0.4 is 0 Å². The highest BCUT2D eigenvalue weighted by molar-refractivity contribution is 14.1. The van der Waals surface area contributed by atoms with E-state index in [0.29, 0.717) is 20.6 Å². The molecule has 1 fully saturated rings. The zero-order chi connectivity index (χ0) is 15.2. The lowest BCUT2D eigenvalue weighted by molar-refractivity contribution is -0.0666. The Balaban J connectivity index is 2.14. The number of aliphatic hydroxyl groups is 2. The number of hydrogen-bond donors (Lipinski definition) is 2. The van der Waals surface area contributed by atoms with Gasteiger partial charge in [0.1, 0.15) is 23.2 Å². The number of aromatic nitrogens is 3. The van der Waals surface area contributed by atoms with Crippen LogP contribution in [-0.4, -0.2) is 47.0 Å². The lowest BCUT2D eigenvalue weighted by Crippen LogP contribution is -2.45. The largest absolute Gasteiger partial charge is 0.386 e. The standard InChI is InChI=1S/C13H11ClIN3O3/c1-2-13(20)9(19)8(5-15)21-12(13)18-4-3-7-10(14)16-6-17-11(7)18/h1,3-4,6,8-9,12,19-20H,5H2/t8-,9-,12-,13-/m1/s1. The molecule has 0 bridgehead atoms. The first-order valence-electron chi connectivity index (χ1n) is 6.09. The fraction of sp³-hybridized carbons (Fsp3) is 0.385. The highest BCUT2D eigenvalue weighted by Crippen LogP contribution is 2.40. The van der Waals surface area contributed by atoms with E-state index in [4.69, 9.17) is 22.8 Å². The Morgan fingerprint density at radius 3 is 3.00 bits per heavy atom. The number of hydrogen-bond acceptors (Lipinski definition) is 5. The van der Waals surface area contributed by atoms with Crippen molar-refractivity contribution in [3.05, 3.63) is 23.7 Å². The normalized spacial score (nSPS) is 32.4. The van der Waals surface area contributed by atoms with Gasteiger partial charge < -0.3 is 19.5 Å². The van der Waals surface area contributed by atoms with Gasteiger partial charge in [0.15, 0.2) is 11.8 Å². The summed E-state index contributed by atoms with van der Waals surface area (Å²) in [6.07, 6.45) is 5.71. The van der Waals surface area contributed by atoms with E-state index in [1.807, 2.05) is 0 Å². The molecule has 0 saturated carbocycles. The van der Waals surface area contributed by atoms with Gasteiger partial charge in [-0.3, -0.25) is 0 Å². The topological polar surface area (TPSA) is 80.4 Å². The number of alkyl halides is 1. The number of aliphatic hydroxyl groups excluding tert-OH is 1. The maximum atomic E-state index is 10.6. The summed E-state index contributed by atoms with van der Waals surface area (Å²) in [5.74, 6) is 2.25. The molecular formula is C13H11ClIN3O3. The van der Waals surface area contributed by atoms with E-state index in [2.05, 4.69) is 38.5 Å². The summed E-state index contributed by atoms with van der Waals surface area (Å²) in [7, 11) is 0. The summed E-state index contributed by atoms with van der Waals surface area (Å²) in [4.78, 5) is 8.04. The number of rotatable bonds is 2. The molecule has 0 unspecified atom stereocenters. The van der Waals surface area contributed by atoms with Gasteiger partial charge in [-0.1, -0.05) is 40.1 Å². The molecule has 0 aliphatic carbocycles. The van der Waals surface area contributed by atoms with Crippen molar-refractivity contribution in [2.45, 2.75) is 24.0 Å². The second kappa shape index (κ2) is 5.37. The van der Waals surface area contributed by atoms with Crippen molar-refractivity contribution in [1.29, 1.82) is 0 Å². The minimum absolute atomic E-state index is 0.298. The van der Waals surface area contributed by atoms with E-state index in [1.54, 1.807) is 16.8 Å². The van der Waals surface area contributed by atoms with Crippen LogP contribution >= 0.6 is 34.2 Å². The molecule has 0 aromatic carbocycles. The van der Waals surface area contributed by atoms with Crippen LogP contribution in [0.15, 0.2) is 18.6 Å². The number of fused-ring (bicyclic) bond motifs is 1. The quantitative estimate of drug-likeness (QED) is 0.330. The molecule has 0 spiro atoms. The van der Waals surface area contributed by atoms with Crippen LogP contribution in [0.25, 0.3) is 11.0 Å². The molecule has 1 aliphatic rings. The van der Waals surface area contributed by atoms with Crippen LogP contribution in [0.1, 0.15) is 6.23 Å². The van der Waals surface area contributed by atoms with Gasteiger partial charge in [-0.2, -0.15) is 0 Å². The molecule has 6 nitrogen and oxygen atoms in total. The van der Waals surface area contributed by atoms with Crippen molar-refractivity contribution in [1.82, 2.24) is 14.5 Å². The average molecular weight is 420 g/mol. The molecule has 0 amide bonds. The third-order valence-corrected chi connectivity index (χ3v) is 4.75. The highest BCUT2D eigenvalue weighted by atomic mass is 127. The van der Waals surface area contributed by atoms with E-state index in [-0.39, 0.29) is 0 Å². The third kappa shape index (κ3) is 2.13. The zero-order valence-electron chi connectivity index (χ0n) is 10.6. The van der Waals surface area contributed by atoms with Crippen LogP contribution in [0.2, 0.25) is 5.15 Å². The number of ether oxygens (including phenoxy) is 1. The van der Waals surface area contributed by atoms with Gasteiger partial charge in [-0.15, -0.1) is 6.42 Å². The fourth-order valence-corrected chi connectivity index (χ4v) is 3.34. The first-order chi connectivity index (χ1) is 10.0. The van der Waals surface area contributed by atoms with Gasteiger partial charge in [0.05, 0.1) is 11.5 Å². The van der Waals surface area contributed by atoms with Crippen molar-refractivity contribution in [3.63, 3.8) is 0 Å². The summed E-state index contributed by atoms with van der Waals surface area (Å²) in [6, 6.07) is 1.71. The molecule has 1 saturated heterocycles. The SMILES string of the molecule is C#C[C@@]1(O)[C@H](O)[C@@H](CI)O[C@H]1n1ccc2c(Cl)ncnc21. The van der Waals surface area contributed by atoms with Crippen LogP contribution in [0.5, 0.6) is 0 Å². The maximum absolute atomic E-state index is 10.6. The molecule has 21 heavy (non-hydrogen) atoms. The molecule has 3 rings (SSSR count). The molecule has 8 heteroatoms. The van der Waals surface area contributed by atoms with E-state index in [0.717, 1.165) is 0 Å². The van der Waals surface area contributed by atoms with Crippen LogP contribution in [-0.2, 0) is 4.74 Å². The Hall–Kier alpha value is -0.920. The van der Waals surface area contributed by atoms with Crippen molar-refractivity contribution in [3.8, 4) is 12.3 Å². The van der Waals surface area contributed by atoms with Crippen molar-refractivity contribution < 1.29 is 14.9 Å². The second-order valence-electron chi connectivity index (χ2n) is 4.72. The Morgan fingerprint density at radius 2 is 2.33 bits per heavy atom. The van der Waals surface area contributed by atoms with Crippen LogP contribution in [0, 0.1) is 12.3 Å². The number of terminal acetylenes is 1. The maximum Gasteiger partial charge on any atom is 0.199 e. The highest BCUT2D eigenvalue weighted by Gasteiger charge is 2.55. The summed E-state index contributed by atoms with van der Waals surface area (Å²) in [5.41, 5.74) is -1.35. The van der Waals surface area contributed by atoms with Crippen molar-refractivity contribution in [2.24, 2.45) is 0 Å². The lowest BCUT2D eigenvalue weighted by Gasteiger charge is -2.26. The van der Waals surface area contributed by atoms with E-state index >= 15 is 0 Å². The molecule has 3 heterocycles. The van der Waals surface area contributed by atoms with Gasteiger partial charge in [0.25, 0.3) is 0 Å². The molecular weight excluding hydrogens is 409 g/mol. The number of nitrogens with zero attached hydrogens (tertiary/aromatic N) is 3. The van der Waals surface area contributed by atoms with E-state index < -0.39 is 24.0 Å². The van der Waals surface area contributed by atoms with Crippen molar-refractivity contribution in [2.75, 3.05) is 4.43 Å². The average Bonchev–Trinajstić information content (AvgIpc) is 3.01. The van der Waals surface area contributed by atoms with Crippen LogP contribution in [0.4, 0.5) is 0 Å². The van der Waals surface area contributed by atoms with E-state index in [9.17, 15) is 10.2 Å². The Labute approximate surface area is 139 Å². The zero-order valence-corrected chi connectivity index (χ0v) is 13.6. The minimum Gasteiger partial charge on any atom is -0.386 e.